The summed E-state index contributed by atoms with van der Waals surface area (Å²) in [5.41, 5.74) is 3.28. The van der Waals surface area contributed by atoms with Crippen molar-refractivity contribution in [3.8, 4) is 6.07 Å². The van der Waals surface area contributed by atoms with E-state index < -0.39 is 11.0 Å². The van der Waals surface area contributed by atoms with E-state index in [4.69, 9.17) is 11.6 Å². The molecule has 3 aromatic rings. The summed E-state index contributed by atoms with van der Waals surface area (Å²) in [6.07, 6.45) is 11.4. The first-order chi connectivity index (χ1) is 25.1. The van der Waals surface area contributed by atoms with E-state index in [0.29, 0.717) is 60.0 Å². The third-order valence-electron chi connectivity index (χ3n) is 9.76. The minimum absolute atomic E-state index is 0.170. The average molecular weight is 748 g/mol. The molecule has 0 aliphatic carbocycles. The molecule has 2 aromatic heterocycles. The van der Waals surface area contributed by atoms with Crippen molar-refractivity contribution in [2.75, 3.05) is 45.1 Å². The number of nitrogens with zero attached hydrogens (tertiary/aromatic N) is 6. The topological polar surface area (TPSA) is 173 Å². The fourth-order valence-electron chi connectivity index (χ4n) is 6.87. The Morgan fingerprint density at radius 2 is 1.77 bits per heavy atom. The number of hydrogen-bond acceptors (Lipinski definition) is 11. The second kappa shape index (κ2) is 19.1. The molecule has 3 saturated heterocycles. The van der Waals surface area contributed by atoms with Crippen LogP contribution in [-0.2, 0) is 27.0 Å². The van der Waals surface area contributed by atoms with E-state index in [1.54, 1.807) is 25.5 Å². The lowest BCUT2D eigenvalue weighted by Gasteiger charge is -2.34. The van der Waals surface area contributed by atoms with Crippen molar-refractivity contribution in [2.24, 2.45) is 5.92 Å². The Hall–Kier alpha value is -4.13. The van der Waals surface area contributed by atoms with Crippen molar-refractivity contribution in [2.45, 2.75) is 74.8 Å². The second-order valence-corrected chi connectivity index (χ2v) is 15.5. The molecule has 5 heterocycles. The Labute approximate surface area is 312 Å². The van der Waals surface area contributed by atoms with Gasteiger partial charge in [-0.3, -0.25) is 24.7 Å². The zero-order valence-corrected chi connectivity index (χ0v) is 31.2. The number of aromatic nitrogens is 3. The smallest absolute Gasteiger partial charge is 0.243 e. The van der Waals surface area contributed by atoms with Crippen LogP contribution in [0, 0.1) is 17.2 Å². The molecule has 52 heavy (non-hydrogen) atoms. The number of likely N-dealkylation sites (N-methyl/N-ethyl adjacent to an activating group) is 1. The van der Waals surface area contributed by atoms with Gasteiger partial charge in [-0.15, -0.1) is 0 Å². The molecule has 3 N–H and O–H groups in total. The molecule has 3 atom stereocenters. The zero-order valence-electron chi connectivity index (χ0n) is 29.6. The maximum Gasteiger partial charge on any atom is 0.243 e. The number of pyridine rings is 1. The van der Waals surface area contributed by atoms with Gasteiger partial charge in [0.15, 0.2) is 6.29 Å². The fraction of sp³-hybridized carbons (Fsp3) is 0.486. The predicted octanol–water partition coefficient (Wildman–Crippen LogP) is 3.88. The summed E-state index contributed by atoms with van der Waals surface area (Å²) in [6.45, 7) is 6.57. The van der Waals surface area contributed by atoms with Gasteiger partial charge >= 0.3 is 0 Å². The number of rotatable bonds is 11. The highest BCUT2D eigenvalue weighted by Gasteiger charge is 2.27. The summed E-state index contributed by atoms with van der Waals surface area (Å²) < 4.78 is 15.5. The maximum atomic E-state index is 13.5. The Kier molecular flexibility index (Phi) is 14.4. The van der Waals surface area contributed by atoms with Gasteiger partial charge in [-0.2, -0.15) is 5.26 Å². The van der Waals surface area contributed by atoms with Gasteiger partial charge in [0.25, 0.3) is 0 Å². The lowest BCUT2D eigenvalue weighted by atomic mass is 9.89. The highest BCUT2D eigenvalue weighted by molar-refractivity contribution is 7.82. The molecule has 1 aromatic carbocycles. The van der Waals surface area contributed by atoms with Crippen LogP contribution in [0.4, 0.5) is 5.95 Å². The predicted molar refractivity (Wildman–Crippen MR) is 199 cm³/mol. The van der Waals surface area contributed by atoms with E-state index in [2.05, 4.69) is 48.8 Å². The fourth-order valence-corrected chi connectivity index (χ4v) is 8.23. The minimum atomic E-state index is -1.29. The first-order valence-electron chi connectivity index (χ1n) is 17.7. The average Bonchev–Trinajstić information content (AvgIpc) is 3.16. The summed E-state index contributed by atoms with van der Waals surface area (Å²) >= 11 is 5.88. The highest BCUT2D eigenvalue weighted by Crippen LogP contribution is 2.29. The Morgan fingerprint density at radius 3 is 2.38 bits per heavy atom. The number of benzene rings is 1. The number of hydrogen-bond donors (Lipinski definition) is 3. The summed E-state index contributed by atoms with van der Waals surface area (Å²) in [5.74, 6) is 0.989. The van der Waals surface area contributed by atoms with E-state index in [-0.39, 0.29) is 23.9 Å². The number of carbonyl (C=O) groups excluding carboxylic acids is 3. The number of likely N-dealkylation sites (tertiary alicyclic amines) is 1. The molecule has 3 unspecified atom stereocenters. The molecular formula is C37H46ClN9O4S. The minimum Gasteiger partial charge on any atom is -0.351 e. The molecule has 2 amide bonds. The van der Waals surface area contributed by atoms with Crippen LogP contribution in [0.5, 0.6) is 0 Å². The third-order valence-corrected chi connectivity index (χ3v) is 11.4. The van der Waals surface area contributed by atoms with Gasteiger partial charge < -0.3 is 15.5 Å². The quantitative estimate of drug-likeness (QED) is 0.192. The van der Waals surface area contributed by atoms with E-state index in [1.165, 1.54) is 5.56 Å². The summed E-state index contributed by atoms with van der Waals surface area (Å²) in [5, 5.41) is 18.7. The third kappa shape index (κ3) is 10.9. The molecule has 0 bridgehead atoms. The number of nitriles is 1. The van der Waals surface area contributed by atoms with Crippen LogP contribution < -0.4 is 16.0 Å². The molecule has 3 aliphatic rings. The lowest BCUT2D eigenvalue weighted by molar-refractivity contribution is -0.134. The molecule has 0 saturated carbocycles. The first kappa shape index (κ1) is 39.1. The van der Waals surface area contributed by atoms with Crippen molar-refractivity contribution in [1.82, 2.24) is 34.8 Å². The van der Waals surface area contributed by atoms with Gasteiger partial charge in [0.1, 0.15) is 16.7 Å². The lowest BCUT2D eigenvalue weighted by Crippen LogP contribution is -2.49. The largest absolute Gasteiger partial charge is 0.351 e. The van der Waals surface area contributed by atoms with Gasteiger partial charge in [0.2, 0.25) is 17.8 Å². The van der Waals surface area contributed by atoms with Crippen LogP contribution in [0.1, 0.15) is 78.5 Å². The number of aldehydes is 1. The van der Waals surface area contributed by atoms with E-state index in [9.17, 15) is 23.9 Å². The van der Waals surface area contributed by atoms with Gasteiger partial charge in [0, 0.05) is 38.3 Å². The van der Waals surface area contributed by atoms with Crippen molar-refractivity contribution >= 4 is 46.6 Å². The number of halogens is 1. The zero-order chi connectivity index (χ0) is 37.0. The van der Waals surface area contributed by atoms with Crippen molar-refractivity contribution < 1.29 is 18.6 Å². The second-order valence-electron chi connectivity index (χ2n) is 13.6. The van der Waals surface area contributed by atoms with Crippen LogP contribution in [0.15, 0.2) is 53.8 Å². The van der Waals surface area contributed by atoms with E-state index in [1.807, 2.05) is 34.8 Å². The number of anilines is 1. The van der Waals surface area contributed by atoms with Crippen molar-refractivity contribution in [3.05, 3.63) is 76.3 Å². The molecule has 0 radical (unpaired) electrons. The highest BCUT2D eigenvalue weighted by atomic mass is 35.5. The van der Waals surface area contributed by atoms with E-state index in [0.717, 1.165) is 68.5 Å². The number of piperidine rings is 3. The van der Waals surface area contributed by atoms with Gasteiger partial charge in [-0.25, -0.2) is 18.5 Å². The number of nitrogens with one attached hydrogen (secondary N) is 3. The van der Waals surface area contributed by atoms with E-state index >= 15 is 0 Å². The van der Waals surface area contributed by atoms with Gasteiger partial charge in [-0.05, 0) is 106 Å². The summed E-state index contributed by atoms with van der Waals surface area (Å²) in [4.78, 5) is 48.2. The molecule has 6 rings (SSSR count). The molecule has 15 heteroatoms. The van der Waals surface area contributed by atoms with Crippen LogP contribution in [0.2, 0.25) is 5.02 Å². The van der Waals surface area contributed by atoms with Crippen molar-refractivity contribution in [1.29, 1.82) is 5.26 Å². The SMILES string of the molecule is CC(Cc1cc(S(=O)N2CCC(Nc3ncc(Cl)cn3)CC2)ccc1C#N)CN1CCC(c2ccc(C=O)nc2)CC1.CNC1CCC(=O)NC1=O. The van der Waals surface area contributed by atoms with Crippen molar-refractivity contribution in [3.63, 3.8) is 0 Å². The van der Waals surface area contributed by atoms with Crippen LogP contribution >= 0.6 is 11.6 Å². The Bertz CT molecular complexity index is 1740. The molecule has 13 nitrogen and oxygen atoms in total. The monoisotopic (exact) mass is 747 g/mol. The number of imide groups is 1. The molecule has 3 fully saturated rings. The normalized spacial score (nSPS) is 20.2. The number of amides is 2. The number of carbonyl (C=O) groups is 3. The maximum absolute atomic E-state index is 13.5. The summed E-state index contributed by atoms with van der Waals surface area (Å²) in [7, 11) is 0.420. The molecule has 0 spiro atoms. The Balaban J connectivity index is 0.000000452. The molecule has 276 valence electrons. The molecule has 3 aliphatic heterocycles. The summed E-state index contributed by atoms with van der Waals surface area (Å²) in [6, 6.07) is 11.8. The van der Waals surface area contributed by atoms with Gasteiger partial charge in [0.05, 0.1) is 40.0 Å². The van der Waals surface area contributed by atoms with Gasteiger partial charge in [-0.1, -0.05) is 24.6 Å². The first-order valence-corrected chi connectivity index (χ1v) is 19.2. The van der Waals surface area contributed by atoms with Crippen LogP contribution in [0.3, 0.4) is 0 Å². The van der Waals surface area contributed by atoms with Crippen LogP contribution in [0.25, 0.3) is 0 Å². The molecular weight excluding hydrogens is 702 g/mol. The standard InChI is InChI=1S/C31H36ClN7O2S.C6H10N2O2/c1-22(20-38-10-6-23(7-11-38)25-2-4-29(21-40)34-17-25)14-26-15-30(5-3-24(26)16-33)42(41)39-12-8-28(9-13-39)37-31-35-18-27(32)19-36-31;1-7-4-2-3-5(9)8-6(4)10/h2-5,15,17-19,21-23,28H,6-14,20H2,1H3,(H,35,36,37);4,7H,2-3H2,1H3,(H,8,9,10). The Morgan fingerprint density at radius 1 is 1.04 bits per heavy atom. The van der Waals surface area contributed by atoms with Crippen LogP contribution in [-0.4, -0.2) is 98.3 Å².